The average Bonchev–Trinajstić information content (AvgIpc) is 3.15. The molecule has 2 N–H and O–H groups in total. The van der Waals surface area contributed by atoms with Gasteiger partial charge < -0.3 is 10.1 Å². The summed E-state index contributed by atoms with van der Waals surface area (Å²) in [6.07, 6.45) is 0.175. The highest BCUT2D eigenvalue weighted by molar-refractivity contribution is 6.04. The second kappa shape index (κ2) is 7.67. The Morgan fingerprint density at radius 2 is 2.00 bits per heavy atom. The van der Waals surface area contributed by atoms with E-state index in [1.54, 1.807) is 18.2 Å². The normalized spacial score (nSPS) is 10.8. The van der Waals surface area contributed by atoms with Crippen molar-refractivity contribution in [2.24, 2.45) is 0 Å². The van der Waals surface area contributed by atoms with Crippen LogP contribution in [0.1, 0.15) is 29.8 Å². The summed E-state index contributed by atoms with van der Waals surface area (Å²) in [6, 6.07) is 14.7. The van der Waals surface area contributed by atoms with Crippen molar-refractivity contribution in [3.05, 3.63) is 59.7 Å². The van der Waals surface area contributed by atoms with Crippen LogP contribution in [0.25, 0.3) is 11.4 Å². The van der Waals surface area contributed by atoms with Crippen molar-refractivity contribution in [1.29, 1.82) is 0 Å². The number of benzene rings is 2. The smallest absolute Gasteiger partial charge is 0.255 e. The molecule has 25 heavy (non-hydrogen) atoms. The molecule has 0 saturated heterocycles. The lowest BCUT2D eigenvalue weighted by atomic mass is 10.1. The van der Waals surface area contributed by atoms with Crippen LogP contribution in [-0.2, 0) is 11.3 Å². The SMILES string of the molecule is CC(C)OCc1ccc(C(=O)Nc2cccc(-c3nn[nH]n3)c2)cc1. The van der Waals surface area contributed by atoms with Gasteiger partial charge >= 0.3 is 0 Å². The summed E-state index contributed by atoms with van der Waals surface area (Å²) in [7, 11) is 0. The van der Waals surface area contributed by atoms with Crippen LogP contribution in [0.5, 0.6) is 0 Å². The molecule has 0 aliphatic carbocycles. The maximum atomic E-state index is 12.4. The predicted molar refractivity (Wildman–Crippen MR) is 93.9 cm³/mol. The van der Waals surface area contributed by atoms with Gasteiger partial charge in [-0.15, -0.1) is 10.2 Å². The van der Waals surface area contributed by atoms with Crippen molar-refractivity contribution in [2.75, 3.05) is 5.32 Å². The third-order valence-electron chi connectivity index (χ3n) is 3.52. The number of hydrogen-bond acceptors (Lipinski definition) is 5. The molecule has 0 aliphatic rings. The number of nitrogens with one attached hydrogen (secondary N) is 2. The zero-order valence-corrected chi connectivity index (χ0v) is 14.1. The average molecular weight is 337 g/mol. The topological polar surface area (TPSA) is 92.8 Å². The van der Waals surface area contributed by atoms with Crippen molar-refractivity contribution in [3.63, 3.8) is 0 Å². The van der Waals surface area contributed by atoms with Gasteiger partial charge in [-0.25, -0.2) is 0 Å². The monoisotopic (exact) mass is 337 g/mol. The minimum absolute atomic E-state index is 0.175. The lowest BCUT2D eigenvalue weighted by Gasteiger charge is -2.09. The summed E-state index contributed by atoms with van der Waals surface area (Å²) in [5, 5.41) is 16.7. The molecule has 0 saturated carbocycles. The fraction of sp³-hybridized carbons (Fsp3) is 0.222. The van der Waals surface area contributed by atoms with Gasteiger partial charge in [0.15, 0.2) is 0 Å². The highest BCUT2D eigenvalue weighted by Crippen LogP contribution is 2.19. The van der Waals surface area contributed by atoms with E-state index in [9.17, 15) is 4.79 Å². The second-order valence-corrected chi connectivity index (χ2v) is 5.83. The number of aromatic amines is 1. The standard InChI is InChI=1S/C18H19N5O2/c1-12(2)25-11-13-6-8-14(9-7-13)18(24)19-16-5-3-4-15(10-16)17-20-22-23-21-17/h3-10,12H,11H2,1-2H3,(H,19,24)(H,20,21,22,23). The maximum absolute atomic E-state index is 12.4. The molecule has 0 bridgehead atoms. The number of nitrogens with zero attached hydrogens (tertiary/aromatic N) is 3. The zero-order chi connectivity index (χ0) is 17.6. The molecule has 3 rings (SSSR count). The fourth-order valence-corrected chi connectivity index (χ4v) is 2.24. The van der Waals surface area contributed by atoms with Crippen LogP contribution in [0.4, 0.5) is 5.69 Å². The van der Waals surface area contributed by atoms with Crippen LogP contribution in [-0.4, -0.2) is 32.6 Å². The molecule has 0 radical (unpaired) electrons. The molecular weight excluding hydrogens is 318 g/mol. The highest BCUT2D eigenvalue weighted by Gasteiger charge is 2.08. The minimum atomic E-state index is -0.179. The second-order valence-electron chi connectivity index (χ2n) is 5.83. The Kier molecular flexibility index (Phi) is 5.15. The number of rotatable bonds is 6. The molecule has 0 spiro atoms. The number of carbonyl (C=O) groups is 1. The molecule has 128 valence electrons. The highest BCUT2D eigenvalue weighted by atomic mass is 16.5. The van der Waals surface area contributed by atoms with E-state index in [0.717, 1.165) is 11.1 Å². The lowest BCUT2D eigenvalue weighted by molar-refractivity contribution is 0.0657. The molecule has 7 heteroatoms. The molecule has 0 aliphatic heterocycles. The van der Waals surface area contributed by atoms with E-state index in [0.29, 0.717) is 23.7 Å². The number of H-pyrrole nitrogens is 1. The Bertz CT molecular complexity index is 829. The van der Waals surface area contributed by atoms with Gasteiger partial charge in [-0.05, 0) is 48.9 Å². The van der Waals surface area contributed by atoms with Crippen LogP contribution in [0, 0.1) is 0 Å². The lowest BCUT2D eigenvalue weighted by Crippen LogP contribution is -2.12. The first-order chi connectivity index (χ1) is 12.1. The number of hydrogen-bond donors (Lipinski definition) is 2. The Morgan fingerprint density at radius 1 is 1.20 bits per heavy atom. The van der Waals surface area contributed by atoms with Gasteiger partial charge in [-0.2, -0.15) is 5.21 Å². The van der Waals surface area contributed by atoms with E-state index >= 15 is 0 Å². The third-order valence-corrected chi connectivity index (χ3v) is 3.52. The van der Waals surface area contributed by atoms with Gasteiger partial charge in [0, 0.05) is 16.8 Å². The fourth-order valence-electron chi connectivity index (χ4n) is 2.24. The Labute approximate surface area is 145 Å². The van der Waals surface area contributed by atoms with E-state index in [2.05, 4.69) is 25.9 Å². The van der Waals surface area contributed by atoms with Crippen LogP contribution in [0.15, 0.2) is 48.5 Å². The van der Waals surface area contributed by atoms with E-state index < -0.39 is 0 Å². The summed E-state index contributed by atoms with van der Waals surface area (Å²) in [5.74, 6) is 0.298. The molecular formula is C18H19N5O2. The van der Waals surface area contributed by atoms with E-state index in [4.69, 9.17) is 4.74 Å². The third kappa shape index (κ3) is 4.48. The number of aromatic nitrogens is 4. The van der Waals surface area contributed by atoms with Gasteiger partial charge in [0.05, 0.1) is 12.7 Å². The Morgan fingerprint density at radius 3 is 2.68 bits per heavy atom. The van der Waals surface area contributed by atoms with Gasteiger partial charge in [-0.3, -0.25) is 4.79 Å². The summed E-state index contributed by atoms with van der Waals surface area (Å²) < 4.78 is 5.55. The van der Waals surface area contributed by atoms with Gasteiger partial charge in [-0.1, -0.05) is 24.3 Å². The first-order valence-corrected chi connectivity index (χ1v) is 7.97. The van der Waals surface area contributed by atoms with E-state index in [-0.39, 0.29) is 12.0 Å². The van der Waals surface area contributed by atoms with Crippen LogP contribution in [0.3, 0.4) is 0 Å². The Hall–Kier alpha value is -3.06. The molecule has 1 heterocycles. The Balaban J connectivity index is 1.67. The van der Waals surface area contributed by atoms with Crippen molar-refractivity contribution < 1.29 is 9.53 Å². The predicted octanol–water partition coefficient (Wildman–Crippen LogP) is 3.04. The number of ether oxygens (including phenoxy) is 1. The summed E-state index contributed by atoms with van der Waals surface area (Å²) in [5.41, 5.74) is 3.05. The zero-order valence-electron chi connectivity index (χ0n) is 14.1. The molecule has 7 nitrogen and oxygen atoms in total. The number of amides is 1. The summed E-state index contributed by atoms with van der Waals surface area (Å²) >= 11 is 0. The largest absolute Gasteiger partial charge is 0.374 e. The van der Waals surface area contributed by atoms with E-state index in [1.165, 1.54) is 0 Å². The van der Waals surface area contributed by atoms with Crippen molar-refractivity contribution in [3.8, 4) is 11.4 Å². The molecule has 0 atom stereocenters. The van der Waals surface area contributed by atoms with Gasteiger partial charge in [0.25, 0.3) is 5.91 Å². The van der Waals surface area contributed by atoms with Gasteiger partial charge in [0.1, 0.15) is 0 Å². The number of tetrazole rings is 1. The number of carbonyl (C=O) groups excluding carboxylic acids is 1. The molecule has 3 aromatic rings. The quantitative estimate of drug-likeness (QED) is 0.721. The van der Waals surface area contributed by atoms with Gasteiger partial charge in [0.2, 0.25) is 5.82 Å². The maximum Gasteiger partial charge on any atom is 0.255 e. The molecule has 2 aromatic carbocycles. The number of anilines is 1. The molecule has 1 aromatic heterocycles. The van der Waals surface area contributed by atoms with Crippen molar-refractivity contribution in [1.82, 2.24) is 20.6 Å². The minimum Gasteiger partial charge on any atom is -0.374 e. The van der Waals surface area contributed by atoms with Crippen LogP contribution >= 0.6 is 0 Å². The van der Waals surface area contributed by atoms with Crippen LogP contribution in [0.2, 0.25) is 0 Å². The summed E-state index contributed by atoms with van der Waals surface area (Å²) in [4.78, 5) is 12.4. The summed E-state index contributed by atoms with van der Waals surface area (Å²) in [6.45, 7) is 4.52. The molecule has 0 unspecified atom stereocenters. The van der Waals surface area contributed by atoms with Crippen LogP contribution < -0.4 is 5.32 Å². The first-order valence-electron chi connectivity index (χ1n) is 7.97. The van der Waals surface area contributed by atoms with Crippen molar-refractivity contribution >= 4 is 11.6 Å². The molecule has 0 fully saturated rings. The first kappa shape index (κ1) is 16.8. The van der Waals surface area contributed by atoms with Crippen molar-refractivity contribution in [2.45, 2.75) is 26.6 Å². The molecule has 1 amide bonds. The van der Waals surface area contributed by atoms with E-state index in [1.807, 2.05) is 44.2 Å².